The van der Waals surface area contributed by atoms with Crippen molar-refractivity contribution in [3.05, 3.63) is 59.7 Å². The van der Waals surface area contributed by atoms with E-state index in [-0.39, 0.29) is 6.04 Å². The Bertz CT molecular complexity index is 554. The van der Waals surface area contributed by atoms with Gasteiger partial charge < -0.3 is 14.8 Å². The zero-order chi connectivity index (χ0) is 15.1. The van der Waals surface area contributed by atoms with Crippen LogP contribution in [0.15, 0.2) is 48.5 Å². The van der Waals surface area contributed by atoms with E-state index in [0.717, 1.165) is 17.0 Å². The molecule has 3 nitrogen and oxygen atoms in total. The molecule has 21 heavy (non-hydrogen) atoms. The zero-order valence-corrected chi connectivity index (χ0v) is 12.9. The highest BCUT2D eigenvalue weighted by Gasteiger charge is 2.12. The first-order valence-electron chi connectivity index (χ1n) is 7.28. The highest BCUT2D eigenvalue weighted by atomic mass is 16.5. The minimum Gasteiger partial charge on any atom is -0.494 e. The fourth-order valence-electron chi connectivity index (χ4n) is 2.32. The number of methoxy groups -OCH3 is 1. The maximum absolute atomic E-state index is 5.53. The van der Waals surface area contributed by atoms with Gasteiger partial charge in [-0.1, -0.05) is 30.3 Å². The average Bonchev–Trinajstić information content (AvgIpc) is 2.50. The molecule has 0 spiro atoms. The Morgan fingerprint density at radius 2 is 1.86 bits per heavy atom. The second kappa shape index (κ2) is 7.70. The monoisotopic (exact) mass is 285 g/mol. The number of anilines is 1. The van der Waals surface area contributed by atoms with E-state index in [1.54, 1.807) is 7.11 Å². The molecule has 0 aliphatic carbocycles. The predicted molar refractivity (Wildman–Crippen MR) is 87.0 cm³/mol. The van der Waals surface area contributed by atoms with Gasteiger partial charge in [-0.3, -0.25) is 0 Å². The topological polar surface area (TPSA) is 30.5 Å². The van der Waals surface area contributed by atoms with E-state index < -0.39 is 0 Å². The first-order chi connectivity index (χ1) is 10.2. The quantitative estimate of drug-likeness (QED) is 0.827. The number of hydrogen-bond acceptors (Lipinski definition) is 3. The Kier molecular flexibility index (Phi) is 5.64. The summed E-state index contributed by atoms with van der Waals surface area (Å²) in [5.41, 5.74) is 3.48. The molecule has 0 aliphatic rings. The number of hydrogen-bond donors (Lipinski definition) is 1. The summed E-state index contributed by atoms with van der Waals surface area (Å²) in [5.74, 6) is 0.906. The summed E-state index contributed by atoms with van der Waals surface area (Å²) in [5, 5.41) is 3.55. The lowest BCUT2D eigenvalue weighted by molar-refractivity contribution is 0.186. The normalized spacial score (nSPS) is 12.0. The number of rotatable bonds is 7. The molecule has 0 heterocycles. The van der Waals surface area contributed by atoms with Gasteiger partial charge in [0.2, 0.25) is 0 Å². The van der Waals surface area contributed by atoms with E-state index in [2.05, 4.69) is 36.5 Å². The van der Waals surface area contributed by atoms with Crippen LogP contribution >= 0.6 is 0 Å². The molecule has 0 amide bonds. The molecule has 0 aliphatic heterocycles. The summed E-state index contributed by atoms with van der Waals surface area (Å²) in [6, 6.07) is 16.6. The van der Waals surface area contributed by atoms with Crippen molar-refractivity contribution in [3.63, 3.8) is 0 Å². The Morgan fingerprint density at radius 3 is 2.48 bits per heavy atom. The van der Waals surface area contributed by atoms with Crippen LogP contribution in [0.25, 0.3) is 0 Å². The van der Waals surface area contributed by atoms with E-state index >= 15 is 0 Å². The SMILES string of the molecule is CCOc1ccc(NC(COC)c2ccccc2)c(C)c1. The molecule has 1 N–H and O–H groups in total. The predicted octanol–water partition coefficient (Wildman–Crippen LogP) is 4.19. The summed E-state index contributed by atoms with van der Waals surface area (Å²) < 4.78 is 10.9. The van der Waals surface area contributed by atoms with Crippen LogP contribution < -0.4 is 10.1 Å². The number of ether oxygens (including phenoxy) is 2. The lowest BCUT2D eigenvalue weighted by atomic mass is 10.1. The molecule has 1 unspecified atom stereocenters. The highest BCUT2D eigenvalue weighted by Crippen LogP contribution is 2.26. The first-order valence-corrected chi connectivity index (χ1v) is 7.28. The van der Waals surface area contributed by atoms with Crippen LogP contribution in [-0.4, -0.2) is 20.3 Å². The number of benzene rings is 2. The van der Waals surface area contributed by atoms with E-state index in [1.807, 2.05) is 31.2 Å². The van der Waals surface area contributed by atoms with Gasteiger partial charge in [-0.15, -0.1) is 0 Å². The third-order valence-corrected chi connectivity index (χ3v) is 3.37. The number of nitrogens with one attached hydrogen (secondary N) is 1. The number of aryl methyl sites for hydroxylation is 1. The van der Waals surface area contributed by atoms with E-state index in [1.165, 1.54) is 5.56 Å². The zero-order valence-electron chi connectivity index (χ0n) is 12.9. The first kappa shape index (κ1) is 15.4. The second-order valence-electron chi connectivity index (χ2n) is 4.97. The lowest BCUT2D eigenvalue weighted by Gasteiger charge is -2.21. The van der Waals surface area contributed by atoms with E-state index in [4.69, 9.17) is 9.47 Å². The molecule has 0 radical (unpaired) electrons. The molecule has 2 aromatic carbocycles. The maximum Gasteiger partial charge on any atom is 0.119 e. The van der Waals surface area contributed by atoms with Gasteiger partial charge in [0, 0.05) is 12.8 Å². The lowest BCUT2D eigenvalue weighted by Crippen LogP contribution is -2.16. The van der Waals surface area contributed by atoms with Crippen LogP contribution in [-0.2, 0) is 4.74 Å². The minimum atomic E-state index is 0.132. The molecule has 2 rings (SSSR count). The van der Waals surface area contributed by atoms with Crippen molar-refractivity contribution < 1.29 is 9.47 Å². The van der Waals surface area contributed by atoms with Crippen molar-refractivity contribution >= 4 is 5.69 Å². The second-order valence-corrected chi connectivity index (χ2v) is 4.97. The Labute approximate surface area is 126 Å². The molecule has 0 fully saturated rings. The Morgan fingerprint density at radius 1 is 1.10 bits per heavy atom. The van der Waals surface area contributed by atoms with Crippen molar-refractivity contribution in [3.8, 4) is 5.75 Å². The van der Waals surface area contributed by atoms with Crippen LogP contribution in [0.4, 0.5) is 5.69 Å². The van der Waals surface area contributed by atoms with Crippen molar-refractivity contribution in [2.45, 2.75) is 19.9 Å². The third kappa shape index (κ3) is 4.23. The van der Waals surface area contributed by atoms with Crippen molar-refractivity contribution in [2.24, 2.45) is 0 Å². The summed E-state index contributed by atoms with van der Waals surface area (Å²) in [6.07, 6.45) is 0. The van der Waals surface area contributed by atoms with Gasteiger partial charge in [0.1, 0.15) is 5.75 Å². The Hall–Kier alpha value is -2.00. The van der Waals surface area contributed by atoms with Crippen molar-refractivity contribution in [2.75, 3.05) is 25.6 Å². The van der Waals surface area contributed by atoms with Gasteiger partial charge in [0.25, 0.3) is 0 Å². The Balaban J connectivity index is 2.17. The molecule has 0 saturated carbocycles. The fourth-order valence-corrected chi connectivity index (χ4v) is 2.32. The molecule has 0 aromatic heterocycles. The van der Waals surface area contributed by atoms with E-state index in [0.29, 0.717) is 13.2 Å². The molecule has 1 atom stereocenters. The molecular weight excluding hydrogens is 262 g/mol. The molecule has 2 aromatic rings. The summed E-state index contributed by atoms with van der Waals surface area (Å²) in [6.45, 7) is 5.38. The van der Waals surface area contributed by atoms with Crippen LogP contribution in [0.1, 0.15) is 24.1 Å². The summed E-state index contributed by atoms with van der Waals surface area (Å²) in [4.78, 5) is 0. The molecule has 3 heteroatoms. The van der Waals surface area contributed by atoms with Crippen molar-refractivity contribution in [1.82, 2.24) is 0 Å². The summed E-state index contributed by atoms with van der Waals surface area (Å²) in [7, 11) is 1.72. The van der Waals surface area contributed by atoms with Crippen LogP contribution in [0.2, 0.25) is 0 Å². The fraction of sp³-hybridized carbons (Fsp3) is 0.333. The van der Waals surface area contributed by atoms with Crippen LogP contribution in [0.3, 0.4) is 0 Å². The maximum atomic E-state index is 5.53. The molecule has 0 bridgehead atoms. The van der Waals surface area contributed by atoms with Crippen LogP contribution in [0, 0.1) is 6.92 Å². The van der Waals surface area contributed by atoms with Crippen molar-refractivity contribution in [1.29, 1.82) is 0 Å². The van der Waals surface area contributed by atoms with Gasteiger partial charge in [0.15, 0.2) is 0 Å². The molecule has 0 saturated heterocycles. The van der Waals surface area contributed by atoms with Gasteiger partial charge >= 0.3 is 0 Å². The average molecular weight is 285 g/mol. The van der Waals surface area contributed by atoms with Gasteiger partial charge in [-0.25, -0.2) is 0 Å². The third-order valence-electron chi connectivity index (χ3n) is 3.37. The van der Waals surface area contributed by atoms with Gasteiger partial charge in [-0.05, 0) is 43.2 Å². The van der Waals surface area contributed by atoms with Gasteiger partial charge in [-0.2, -0.15) is 0 Å². The van der Waals surface area contributed by atoms with Gasteiger partial charge in [0.05, 0.1) is 19.3 Å². The highest BCUT2D eigenvalue weighted by molar-refractivity contribution is 5.55. The largest absolute Gasteiger partial charge is 0.494 e. The molecular formula is C18H23NO2. The summed E-state index contributed by atoms with van der Waals surface area (Å²) >= 11 is 0. The smallest absolute Gasteiger partial charge is 0.119 e. The molecule has 112 valence electrons. The minimum absolute atomic E-state index is 0.132. The standard InChI is InChI=1S/C18H23NO2/c1-4-21-16-10-11-17(14(2)12-16)19-18(13-20-3)15-8-6-5-7-9-15/h5-12,18-19H,4,13H2,1-3H3. The van der Waals surface area contributed by atoms with Crippen LogP contribution in [0.5, 0.6) is 5.75 Å². The van der Waals surface area contributed by atoms with E-state index in [9.17, 15) is 0 Å².